The molecular weight excluding hydrogens is 318 g/mol. The number of aldehydes is 1. The molecule has 2 aromatic carbocycles. The fourth-order valence-corrected chi connectivity index (χ4v) is 2.61. The van der Waals surface area contributed by atoms with Gasteiger partial charge in [0.1, 0.15) is 5.75 Å². The first-order chi connectivity index (χ1) is 9.71. The molecule has 0 saturated carbocycles. The van der Waals surface area contributed by atoms with Gasteiger partial charge >= 0.3 is 0 Å². The van der Waals surface area contributed by atoms with Gasteiger partial charge in [0, 0.05) is 32.2 Å². The summed E-state index contributed by atoms with van der Waals surface area (Å²) in [6.45, 7) is 0. The van der Waals surface area contributed by atoms with Gasteiger partial charge in [-0.2, -0.15) is 0 Å². The molecule has 0 aliphatic rings. The van der Waals surface area contributed by atoms with Crippen LogP contribution < -0.4 is 4.74 Å². The first kappa shape index (κ1) is 12.9. The van der Waals surface area contributed by atoms with Crippen LogP contribution in [-0.2, 0) is 0 Å². The van der Waals surface area contributed by atoms with Crippen molar-refractivity contribution in [1.82, 2.24) is 4.98 Å². The SMILES string of the molecule is COc1ccc2[nH]c(-c3cc(Br)ccc3C=O)cc2c1. The van der Waals surface area contributed by atoms with Gasteiger partial charge in [0.15, 0.2) is 6.29 Å². The van der Waals surface area contributed by atoms with Crippen molar-refractivity contribution < 1.29 is 9.53 Å². The lowest BCUT2D eigenvalue weighted by Gasteiger charge is -2.02. The number of halogens is 1. The molecule has 1 heterocycles. The number of ether oxygens (including phenoxy) is 1. The second-order valence-corrected chi connectivity index (χ2v) is 5.40. The Morgan fingerprint density at radius 3 is 2.75 bits per heavy atom. The third-order valence-corrected chi connectivity index (χ3v) is 3.75. The van der Waals surface area contributed by atoms with E-state index >= 15 is 0 Å². The van der Waals surface area contributed by atoms with E-state index in [-0.39, 0.29) is 0 Å². The number of aromatic nitrogens is 1. The zero-order valence-corrected chi connectivity index (χ0v) is 12.4. The van der Waals surface area contributed by atoms with Gasteiger partial charge in [-0.25, -0.2) is 0 Å². The molecule has 3 rings (SSSR count). The molecule has 0 saturated heterocycles. The molecular formula is C16H12BrNO2. The molecule has 0 unspecified atom stereocenters. The third kappa shape index (κ3) is 2.23. The molecule has 3 aromatic rings. The Morgan fingerprint density at radius 2 is 2.00 bits per heavy atom. The molecule has 1 N–H and O–H groups in total. The third-order valence-electron chi connectivity index (χ3n) is 3.26. The maximum atomic E-state index is 11.2. The maximum absolute atomic E-state index is 11.2. The molecule has 4 heteroatoms. The topological polar surface area (TPSA) is 42.1 Å². The molecule has 0 radical (unpaired) electrons. The van der Waals surface area contributed by atoms with E-state index in [2.05, 4.69) is 20.9 Å². The Hall–Kier alpha value is -2.07. The highest BCUT2D eigenvalue weighted by atomic mass is 79.9. The predicted molar refractivity (Wildman–Crippen MR) is 83.4 cm³/mol. The van der Waals surface area contributed by atoms with Crippen molar-refractivity contribution in [3.8, 4) is 17.0 Å². The molecule has 20 heavy (non-hydrogen) atoms. The Kier molecular flexibility index (Phi) is 3.32. The van der Waals surface area contributed by atoms with Crippen LogP contribution >= 0.6 is 15.9 Å². The van der Waals surface area contributed by atoms with Crippen LogP contribution in [-0.4, -0.2) is 18.4 Å². The van der Waals surface area contributed by atoms with Crippen LogP contribution in [0, 0.1) is 0 Å². The minimum Gasteiger partial charge on any atom is -0.497 e. The monoisotopic (exact) mass is 329 g/mol. The number of rotatable bonds is 3. The predicted octanol–water partition coefficient (Wildman–Crippen LogP) is 4.42. The number of hydrogen-bond acceptors (Lipinski definition) is 2. The zero-order chi connectivity index (χ0) is 14.1. The van der Waals surface area contributed by atoms with E-state index in [9.17, 15) is 4.79 Å². The number of H-pyrrole nitrogens is 1. The van der Waals surface area contributed by atoms with Gasteiger partial charge in [0.25, 0.3) is 0 Å². The van der Waals surface area contributed by atoms with E-state index in [1.165, 1.54) is 0 Å². The lowest BCUT2D eigenvalue weighted by atomic mass is 10.1. The molecule has 0 aliphatic heterocycles. The molecule has 0 spiro atoms. The second-order valence-electron chi connectivity index (χ2n) is 4.49. The van der Waals surface area contributed by atoms with Crippen LogP contribution in [0.15, 0.2) is 46.9 Å². The van der Waals surface area contributed by atoms with Crippen molar-refractivity contribution in [1.29, 1.82) is 0 Å². The van der Waals surface area contributed by atoms with E-state index in [1.807, 2.05) is 36.4 Å². The number of hydrogen-bond donors (Lipinski definition) is 1. The largest absolute Gasteiger partial charge is 0.497 e. The lowest BCUT2D eigenvalue weighted by Crippen LogP contribution is -1.87. The van der Waals surface area contributed by atoms with Gasteiger partial charge in [0.2, 0.25) is 0 Å². The molecule has 0 aliphatic carbocycles. The second kappa shape index (κ2) is 5.13. The molecule has 100 valence electrons. The molecule has 3 nitrogen and oxygen atoms in total. The smallest absolute Gasteiger partial charge is 0.150 e. The summed E-state index contributed by atoms with van der Waals surface area (Å²) in [5, 5.41) is 1.05. The van der Waals surface area contributed by atoms with E-state index in [4.69, 9.17) is 4.74 Å². The van der Waals surface area contributed by atoms with E-state index in [0.717, 1.165) is 38.7 Å². The summed E-state index contributed by atoms with van der Waals surface area (Å²) in [5.74, 6) is 0.813. The Bertz CT molecular complexity index is 792. The molecule has 0 amide bonds. The Morgan fingerprint density at radius 1 is 1.15 bits per heavy atom. The Balaban J connectivity index is 2.19. The summed E-state index contributed by atoms with van der Waals surface area (Å²) in [6.07, 6.45) is 0.869. The van der Waals surface area contributed by atoms with E-state index < -0.39 is 0 Å². The molecule has 1 aromatic heterocycles. The van der Waals surface area contributed by atoms with Gasteiger partial charge in [-0.05, 0) is 42.5 Å². The number of fused-ring (bicyclic) bond motifs is 1. The summed E-state index contributed by atoms with van der Waals surface area (Å²) >= 11 is 3.44. The molecule has 0 bridgehead atoms. The summed E-state index contributed by atoms with van der Waals surface area (Å²) in [5.41, 5.74) is 3.46. The van der Waals surface area contributed by atoms with E-state index in [1.54, 1.807) is 13.2 Å². The highest BCUT2D eigenvalue weighted by molar-refractivity contribution is 9.10. The van der Waals surface area contributed by atoms with E-state index in [0.29, 0.717) is 5.56 Å². The van der Waals surface area contributed by atoms with Crippen LogP contribution in [0.4, 0.5) is 0 Å². The van der Waals surface area contributed by atoms with Crippen molar-refractivity contribution in [3.63, 3.8) is 0 Å². The lowest BCUT2D eigenvalue weighted by molar-refractivity contribution is 0.112. The number of nitrogens with one attached hydrogen (secondary N) is 1. The van der Waals surface area contributed by atoms with Crippen LogP contribution in [0.2, 0.25) is 0 Å². The van der Waals surface area contributed by atoms with Gasteiger partial charge in [-0.15, -0.1) is 0 Å². The first-order valence-electron chi connectivity index (χ1n) is 6.13. The van der Waals surface area contributed by atoms with Crippen molar-refractivity contribution in [2.75, 3.05) is 7.11 Å². The summed E-state index contributed by atoms with van der Waals surface area (Å²) in [4.78, 5) is 14.5. The quantitative estimate of drug-likeness (QED) is 0.723. The van der Waals surface area contributed by atoms with Gasteiger partial charge < -0.3 is 9.72 Å². The normalized spacial score (nSPS) is 10.7. The molecule has 0 fully saturated rings. The van der Waals surface area contributed by atoms with Gasteiger partial charge in [-0.3, -0.25) is 4.79 Å². The number of benzene rings is 2. The minimum absolute atomic E-state index is 0.659. The highest BCUT2D eigenvalue weighted by Crippen LogP contribution is 2.30. The summed E-state index contributed by atoms with van der Waals surface area (Å²) in [6, 6.07) is 13.5. The minimum atomic E-state index is 0.659. The number of carbonyl (C=O) groups excluding carboxylic acids is 1. The van der Waals surface area contributed by atoms with Crippen molar-refractivity contribution in [2.45, 2.75) is 0 Å². The fourth-order valence-electron chi connectivity index (χ4n) is 2.25. The molecule has 0 atom stereocenters. The fraction of sp³-hybridized carbons (Fsp3) is 0.0625. The highest BCUT2D eigenvalue weighted by Gasteiger charge is 2.09. The van der Waals surface area contributed by atoms with Crippen molar-refractivity contribution >= 4 is 33.1 Å². The Labute approximate surface area is 124 Å². The van der Waals surface area contributed by atoms with Crippen molar-refractivity contribution in [2.24, 2.45) is 0 Å². The van der Waals surface area contributed by atoms with Crippen LogP contribution in [0.1, 0.15) is 10.4 Å². The standard InChI is InChI=1S/C16H12BrNO2/c1-20-13-4-5-15-11(6-13)7-16(18-15)14-8-12(17)3-2-10(14)9-19/h2-9,18H,1H3. The number of aromatic amines is 1. The number of methoxy groups -OCH3 is 1. The summed E-state index contributed by atoms with van der Waals surface area (Å²) in [7, 11) is 1.65. The van der Waals surface area contributed by atoms with Gasteiger partial charge in [0.05, 0.1) is 7.11 Å². The zero-order valence-electron chi connectivity index (χ0n) is 10.8. The number of carbonyl (C=O) groups is 1. The first-order valence-corrected chi connectivity index (χ1v) is 6.92. The average molecular weight is 330 g/mol. The van der Waals surface area contributed by atoms with Crippen LogP contribution in [0.3, 0.4) is 0 Å². The average Bonchev–Trinajstić information content (AvgIpc) is 2.89. The van der Waals surface area contributed by atoms with Crippen LogP contribution in [0.25, 0.3) is 22.2 Å². The summed E-state index contributed by atoms with van der Waals surface area (Å²) < 4.78 is 6.16. The maximum Gasteiger partial charge on any atom is 0.150 e. The van der Waals surface area contributed by atoms with Crippen molar-refractivity contribution in [3.05, 3.63) is 52.5 Å². The van der Waals surface area contributed by atoms with Gasteiger partial charge in [-0.1, -0.05) is 15.9 Å². The van der Waals surface area contributed by atoms with Crippen LogP contribution in [0.5, 0.6) is 5.75 Å².